The van der Waals surface area contributed by atoms with Crippen LogP contribution in [0.25, 0.3) is 6.08 Å². The Balaban J connectivity index is 2.07. The summed E-state index contributed by atoms with van der Waals surface area (Å²) in [6, 6.07) is 1.60. The lowest BCUT2D eigenvalue weighted by Gasteiger charge is -2.14. The molecule has 1 aliphatic rings. The summed E-state index contributed by atoms with van der Waals surface area (Å²) >= 11 is 0. The number of carboxylic acids is 1. The van der Waals surface area contributed by atoms with Crippen molar-refractivity contribution in [3.63, 3.8) is 0 Å². The van der Waals surface area contributed by atoms with Crippen molar-refractivity contribution in [3.05, 3.63) is 35.7 Å². The minimum Gasteiger partial charge on any atom is -0.478 e. The molecule has 1 saturated carbocycles. The van der Waals surface area contributed by atoms with E-state index in [0.717, 1.165) is 25.3 Å². The standard InChI is InChI=1S/C15H18N2O3/c1-2-15(6-7-15)10-17-14(20)12-5-8-16-9-11(12)3-4-13(18)19/h3-5,8-9H,2,6-7,10H2,1H3,(H,17,20)(H,18,19)/b4-3+. The molecule has 0 radical (unpaired) electrons. The molecular weight excluding hydrogens is 256 g/mol. The number of hydrogen-bond acceptors (Lipinski definition) is 3. The molecule has 0 bridgehead atoms. The van der Waals surface area contributed by atoms with Gasteiger partial charge in [0.15, 0.2) is 0 Å². The van der Waals surface area contributed by atoms with Gasteiger partial charge in [-0.05, 0) is 36.8 Å². The van der Waals surface area contributed by atoms with Crippen LogP contribution in [0, 0.1) is 5.41 Å². The maximum absolute atomic E-state index is 12.2. The Kier molecular flexibility index (Phi) is 4.17. The second-order valence-electron chi connectivity index (χ2n) is 5.17. The number of aliphatic carboxylic acids is 1. The van der Waals surface area contributed by atoms with Crippen molar-refractivity contribution in [3.8, 4) is 0 Å². The van der Waals surface area contributed by atoms with Gasteiger partial charge in [0.25, 0.3) is 5.91 Å². The van der Waals surface area contributed by atoms with E-state index in [2.05, 4.69) is 17.2 Å². The summed E-state index contributed by atoms with van der Waals surface area (Å²) in [7, 11) is 0. The summed E-state index contributed by atoms with van der Waals surface area (Å²) < 4.78 is 0. The highest BCUT2D eigenvalue weighted by Crippen LogP contribution is 2.47. The topological polar surface area (TPSA) is 79.3 Å². The van der Waals surface area contributed by atoms with Crippen LogP contribution in [0.15, 0.2) is 24.5 Å². The first-order chi connectivity index (χ1) is 9.56. The zero-order valence-corrected chi connectivity index (χ0v) is 11.4. The second kappa shape index (κ2) is 5.86. The number of carbonyl (C=O) groups is 2. The van der Waals surface area contributed by atoms with Gasteiger partial charge in [0, 0.05) is 36.1 Å². The van der Waals surface area contributed by atoms with Crippen LogP contribution in [0.3, 0.4) is 0 Å². The van der Waals surface area contributed by atoms with Crippen LogP contribution in [-0.4, -0.2) is 28.5 Å². The van der Waals surface area contributed by atoms with E-state index in [-0.39, 0.29) is 11.3 Å². The smallest absolute Gasteiger partial charge is 0.328 e. The van der Waals surface area contributed by atoms with Gasteiger partial charge in [-0.1, -0.05) is 6.92 Å². The summed E-state index contributed by atoms with van der Waals surface area (Å²) in [4.78, 5) is 26.6. The van der Waals surface area contributed by atoms with E-state index < -0.39 is 5.97 Å². The van der Waals surface area contributed by atoms with E-state index in [0.29, 0.717) is 17.7 Å². The van der Waals surface area contributed by atoms with E-state index in [1.165, 1.54) is 18.5 Å². The lowest BCUT2D eigenvalue weighted by atomic mass is 10.0. The van der Waals surface area contributed by atoms with Crippen molar-refractivity contribution >= 4 is 18.0 Å². The van der Waals surface area contributed by atoms with E-state index in [1.807, 2.05) is 0 Å². The molecule has 1 heterocycles. The molecular formula is C15H18N2O3. The molecule has 1 amide bonds. The van der Waals surface area contributed by atoms with Crippen LogP contribution >= 0.6 is 0 Å². The molecule has 0 unspecified atom stereocenters. The normalized spacial score (nSPS) is 16.1. The van der Waals surface area contributed by atoms with Gasteiger partial charge < -0.3 is 10.4 Å². The van der Waals surface area contributed by atoms with Gasteiger partial charge in [-0.15, -0.1) is 0 Å². The number of carboxylic acid groups (broad SMARTS) is 1. The predicted molar refractivity (Wildman–Crippen MR) is 75.2 cm³/mol. The zero-order valence-electron chi connectivity index (χ0n) is 11.4. The highest BCUT2D eigenvalue weighted by Gasteiger charge is 2.40. The molecule has 1 aliphatic carbocycles. The Labute approximate surface area is 117 Å². The summed E-state index contributed by atoms with van der Waals surface area (Å²) in [6.07, 6.45) is 8.78. The maximum atomic E-state index is 12.2. The fourth-order valence-corrected chi connectivity index (χ4v) is 2.10. The van der Waals surface area contributed by atoms with E-state index in [4.69, 9.17) is 5.11 Å². The van der Waals surface area contributed by atoms with Gasteiger partial charge in [0.05, 0.1) is 0 Å². The van der Waals surface area contributed by atoms with E-state index in [9.17, 15) is 9.59 Å². The average Bonchev–Trinajstić information content (AvgIpc) is 3.23. The molecule has 0 aromatic carbocycles. The van der Waals surface area contributed by atoms with Crippen LogP contribution in [-0.2, 0) is 4.79 Å². The highest BCUT2D eigenvalue weighted by molar-refractivity contribution is 5.98. The third-order valence-corrected chi connectivity index (χ3v) is 3.83. The minimum atomic E-state index is -1.05. The van der Waals surface area contributed by atoms with Crippen LogP contribution in [0.1, 0.15) is 42.1 Å². The summed E-state index contributed by atoms with van der Waals surface area (Å²) in [5, 5.41) is 11.6. The minimum absolute atomic E-state index is 0.183. The van der Waals surface area contributed by atoms with Crippen molar-refractivity contribution in [2.24, 2.45) is 5.41 Å². The first kappa shape index (κ1) is 14.2. The van der Waals surface area contributed by atoms with Crippen molar-refractivity contribution in [2.75, 3.05) is 6.54 Å². The molecule has 2 N–H and O–H groups in total. The van der Waals surface area contributed by atoms with Gasteiger partial charge in [0.1, 0.15) is 0 Å². The molecule has 2 rings (SSSR count). The van der Waals surface area contributed by atoms with Crippen molar-refractivity contribution < 1.29 is 14.7 Å². The van der Waals surface area contributed by atoms with Gasteiger partial charge in [-0.3, -0.25) is 9.78 Å². The maximum Gasteiger partial charge on any atom is 0.328 e. The Hall–Kier alpha value is -2.17. The first-order valence-electron chi connectivity index (χ1n) is 6.69. The first-order valence-corrected chi connectivity index (χ1v) is 6.69. The molecule has 20 heavy (non-hydrogen) atoms. The van der Waals surface area contributed by atoms with Gasteiger partial charge >= 0.3 is 5.97 Å². The number of hydrogen-bond donors (Lipinski definition) is 2. The monoisotopic (exact) mass is 274 g/mol. The second-order valence-corrected chi connectivity index (χ2v) is 5.17. The summed E-state index contributed by atoms with van der Waals surface area (Å²) in [6.45, 7) is 2.80. The number of nitrogens with zero attached hydrogens (tertiary/aromatic N) is 1. The zero-order chi connectivity index (χ0) is 14.6. The molecule has 5 nitrogen and oxygen atoms in total. The Bertz CT molecular complexity index is 548. The molecule has 0 aliphatic heterocycles. The van der Waals surface area contributed by atoms with Crippen molar-refractivity contribution in [2.45, 2.75) is 26.2 Å². The van der Waals surface area contributed by atoms with Crippen LogP contribution in [0.5, 0.6) is 0 Å². The molecule has 106 valence electrons. The molecule has 1 aromatic heterocycles. The van der Waals surface area contributed by atoms with E-state index >= 15 is 0 Å². The molecule has 1 aromatic rings. The molecule has 0 spiro atoms. The number of carbonyl (C=O) groups excluding carboxylic acids is 1. The fourth-order valence-electron chi connectivity index (χ4n) is 2.10. The average molecular weight is 274 g/mol. The number of pyridine rings is 1. The van der Waals surface area contributed by atoms with Crippen LogP contribution in [0.2, 0.25) is 0 Å². The third kappa shape index (κ3) is 3.44. The lowest BCUT2D eigenvalue weighted by molar-refractivity contribution is -0.131. The van der Waals surface area contributed by atoms with Crippen LogP contribution in [0.4, 0.5) is 0 Å². The fraction of sp³-hybridized carbons (Fsp3) is 0.400. The number of rotatable bonds is 6. The number of nitrogens with one attached hydrogen (secondary N) is 1. The molecule has 1 fully saturated rings. The lowest BCUT2D eigenvalue weighted by Crippen LogP contribution is -2.30. The SMILES string of the molecule is CCC1(CNC(=O)c2ccncc2/C=C/C(=O)O)CC1. The number of amides is 1. The van der Waals surface area contributed by atoms with Crippen molar-refractivity contribution in [1.82, 2.24) is 10.3 Å². The highest BCUT2D eigenvalue weighted by atomic mass is 16.4. The molecule has 0 saturated heterocycles. The quantitative estimate of drug-likeness (QED) is 0.779. The van der Waals surface area contributed by atoms with Gasteiger partial charge in [0.2, 0.25) is 0 Å². The Morgan fingerprint density at radius 3 is 2.85 bits per heavy atom. The molecule has 5 heteroatoms. The van der Waals surface area contributed by atoms with E-state index in [1.54, 1.807) is 6.07 Å². The number of aromatic nitrogens is 1. The summed E-state index contributed by atoms with van der Waals surface area (Å²) in [5.74, 6) is -1.24. The largest absolute Gasteiger partial charge is 0.478 e. The van der Waals surface area contributed by atoms with Gasteiger partial charge in [-0.25, -0.2) is 4.79 Å². The van der Waals surface area contributed by atoms with Gasteiger partial charge in [-0.2, -0.15) is 0 Å². The third-order valence-electron chi connectivity index (χ3n) is 3.83. The Morgan fingerprint density at radius 2 is 2.25 bits per heavy atom. The Morgan fingerprint density at radius 1 is 1.50 bits per heavy atom. The van der Waals surface area contributed by atoms with Crippen LogP contribution < -0.4 is 5.32 Å². The van der Waals surface area contributed by atoms with Crippen molar-refractivity contribution in [1.29, 1.82) is 0 Å². The predicted octanol–water partition coefficient (Wildman–Crippen LogP) is 2.10. The molecule has 0 atom stereocenters. The summed E-state index contributed by atoms with van der Waals surface area (Å²) in [5.41, 5.74) is 1.23.